The van der Waals surface area contributed by atoms with Gasteiger partial charge in [-0.2, -0.15) is 0 Å². The van der Waals surface area contributed by atoms with Gasteiger partial charge >= 0.3 is 7.12 Å². The van der Waals surface area contributed by atoms with Gasteiger partial charge in [-0.25, -0.2) is 4.39 Å². The number of rotatable bonds is 4. The Morgan fingerprint density at radius 3 is 2.48 bits per heavy atom. The van der Waals surface area contributed by atoms with Gasteiger partial charge in [0, 0.05) is 17.6 Å². The summed E-state index contributed by atoms with van der Waals surface area (Å²) in [7, 11) is -1.95. The summed E-state index contributed by atoms with van der Waals surface area (Å²) in [4.78, 5) is 12.0. The monoisotopic (exact) mass is 287 g/mol. The molecule has 0 radical (unpaired) electrons. The maximum absolute atomic E-state index is 13.3. The fourth-order valence-corrected chi connectivity index (χ4v) is 1.87. The summed E-state index contributed by atoms with van der Waals surface area (Å²) in [5.41, 5.74) is 1.92. The third-order valence-corrected chi connectivity index (χ3v) is 3.11. The van der Waals surface area contributed by atoms with E-state index in [4.69, 9.17) is 10.0 Å². The first-order chi connectivity index (χ1) is 9.97. The molecule has 0 spiro atoms. The summed E-state index contributed by atoms with van der Waals surface area (Å²) in [5, 5.41) is 20.8. The zero-order valence-corrected chi connectivity index (χ0v) is 11.5. The van der Waals surface area contributed by atoms with E-state index in [9.17, 15) is 9.18 Å². The van der Waals surface area contributed by atoms with Gasteiger partial charge in [-0.05, 0) is 30.7 Å². The fraction of sp³-hybridized carbons (Fsp3) is 0.133. The molecule has 2 aromatic carbocycles. The van der Waals surface area contributed by atoms with Crippen LogP contribution in [-0.2, 0) is 6.54 Å². The molecule has 2 aromatic rings. The molecule has 3 N–H and O–H groups in total. The van der Waals surface area contributed by atoms with Crippen LogP contribution in [0.1, 0.15) is 21.5 Å². The molecule has 0 saturated heterocycles. The molecule has 0 aliphatic carbocycles. The largest absolute Gasteiger partial charge is 0.491 e. The van der Waals surface area contributed by atoms with Crippen LogP contribution in [0, 0.1) is 12.7 Å². The predicted octanol–water partition coefficient (Wildman–Crippen LogP) is 0.744. The van der Waals surface area contributed by atoms with Crippen LogP contribution >= 0.6 is 0 Å². The molecular formula is C15H15BFNO3. The van der Waals surface area contributed by atoms with Crippen LogP contribution in [0.3, 0.4) is 0 Å². The average molecular weight is 287 g/mol. The van der Waals surface area contributed by atoms with Gasteiger partial charge in [0.2, 0.25) is 0 Å². The van der Waals surface area contributed by atoms with Crippen LogP contribution in [0.25, 0.3) is 0 Å². The molecule has 4 nitrogen and oxygen atoms in total. The number of benzene rings is 2. The molecule has 0 saturated carbocycles. The zero-order valence-electron chi connectivity index (χ0n) is 11.5. The van der Waals surface area contributed by atoms with Gasteiger partial charge in [-0.3, -0.25) is 4.79 Å². The van der Waals surface area contributed by atoms with E-state index in [0.717, 1.165) is 23.3 Å². The Balaban J connectivity index is 2.06. The summed E-state index contributed by atoms with van der Waals surface area (Å²) in [5.74, 6) is -1.17. The summed E-state index contributed by atoms with van der Waals surface area (Å²) in [6.07, 6.45) is 0. The van der Waals surface area contributed by atoms with Crippen molar-refractivity contribution in [3.8, 4) is 0 Å². The second-order valence-corrected chi connectivity index (χ2v) is 4.78. The lowest BCUT2D eigenvalue weighted by Crippen LogP contribution is -2.34. The number of aryl methyl sites for hydroxylation is 1. The SMILES string of the molecule is Cc1ccc(CNC(=O)c2ccc(F)c(B(O)O)c2)cc1. The maximum Gasteiger partial charge on any atom is 0.491 e. The first-order valence-corrected chi connectivity index (χ1v) is 6.46. The number of amides is 1. The van der Waals surface area contributed by atoms with E-state index in [0.29, 0.717) is 6.54 Å². The fourth-order valence-electron chi connectivity index (χ4n) is 1.87. The molecule has 0 aliphatic heterocycles. The minimum atomic E-state index is -1.95. The molecule has 1 amide bonds. The summed E-state index contributed by atoms with van der Waals surface area (Å²) in [6, 6.07) is 11.2. The molecule has 2 rings (SSSR count). The minimum Gasteiger partial charge on any atom is -0.423 e. The highest BCUT2D eigenvalue weighted by Crippen LogP contribution is 2.05. The number of halogens is 1. The van der Waals surface area contributed by atoms with Crippen molar-refractivity contribution in [1.29, 1.82) is 0 Å². The highest BCUT2D eigenvalue weighted by atomic mass is 19.1. The van der Waals surface area contributed by atoms with Crippen LogP contribution in [0.15, 0.2) is 42.5 Å². The molecule has 0 bridgehead atoms. The normalized spacial score (nSPS) is 10.3. The van der Waals surface area contributed by atoms with Gasteiger partial charge < -0.3 is 15.4 Å². The second-order valence-electron chi connectivity index (χ2n) is 4.78. The highest BCUT2D eigenvalue weighted by molar-refractivity contribution is 6.58. The Hall–Kier alpha value is -2.18. The first-order valence-electron chi connectivity index (χ1n) is 6.46. The van der Waals surface area contributed by atoms with E-state index in [2.05, 4.69) is 5.32 Å². The van der Waals surface area contributed by atoms with E-state index in [1.54, 1.807) is 0 Å². The van der Waals surface area contributed by atoms with Crippen molar-refractivity contribution < 1.29 is 19.2 Å². The first kappa shape index (κ1) is 15.2. The number of hydrogen-bond acceptors (Lipinski definition) is 3. The van der Waals surface area contributed by atoms with Crippen molar-refractivity contribution in [2.45, 2.75) is 13.5 Å². The van der Waals surface area contributed by atoms with Crippen LogP contribution in [-0.4, -0.2) is 23.1 Å². The summed E-state index contributed by atoms with van der Waals surface area (Å²) < 4.78 is 13.3. The molecule has 0 aromatic heterocycles. The molecule has 108 valence electrons. The number of carbonyl (C=O) groups excluding carboxylic acids is 1. The van der Waals surface area contributed by atoms with Crippen molar-refractivity contribution in [3.05, 3.63) is 65.0 Å². The highest BCUT2D eigenvalue weighted by Gasteiger charge is 2.18. The van der Waals surface area contributed by atoms with Gasteiger partial charge in [0.25, 0.3) is 5.91 Å². The molecule has 21 heavy (non-hydrogen) atoms. The zero-order chi connectivity index (χ0) is 15.4. The lowest BCUT2D eigenvalue weighted by atomic mass is 9.79. The van der Waals surface area contributed by atoms with Crippen molar-refractivity contribution in [3.63, 3.8) is 0 Å². The van der Waals surface area contributed by atoms with E-state index < -0.39 is 18.8 Å². The molecule has 0 heterocycles. The van der Waals surface area contributed by atoms with Gasteiger partial charge in [-0.15, -0.1) is 0 Å². The van der Waals surface area contributed by atoms with Gasteiger partial charge in [0.15, 0.2) is 0 Å². The Labute approximate surface area is 122 Å². The second kappa shape index (κ2) is 6.52. The van der Waals surface area contributed by atoms with E-state index in [-0.39, 0.29) is 11.0 Å². The van der Waals surface area contributed by atoms with Crippen molar-refractivity contribution in [2.24, 2.45) is 0 Å². The molecule has 0 atom stereocenters. The van der Waals surface area contributed by atoms with Gasteiger partial charge in [-0.1, -0.05) is 29.8 Å². The predicted molar refractivity (Wildman–Crippen MR) is 78.6 cm³/mol. The molecule has 6 heteroatoms. The Morgan fingerprint density at radius 2 is 1.86 bits per heavy atom. The van der Waals surface area contributed by atoms with Crippen LogP contribution in [0.4, 0.5) is 4.39 Å². The quantitative estimate of drug-likeness (QED) is 0.727. The van der Waals surface area contributed by atoms with E-state index >= 15 is 0 Å². The Bertz CT molecular complexity index is 644. The smallest absolute Gasteiger partial charge is 0.423 e. The number of nitrogens with one attached hydrogen (secondary N) is 1. The van der Waals surface area contributed by atoms with Crippen molar-refractivity contribution >= 4 is 18.5 Å². The Kier molecular flexibility index (Phi) is 4.72. The number of carbonyl (C=O) groups is 1. The van der Waals surface area contributed by atoms with E-state index in [1.165, 1.54) is 6.07 Å². The lowest BCUT2D eigenvalue weighted by molar-refractivity contribution is 0.0951. The topological polar surface area (TPSA) is 69.6 Å². The molecule has 0 fully saturated rings. The van der Waals surface area contributed by atoms with E-state index in [1.807, 2.05) is 31.2 Å². The number of hydrogen-bond donors (Lipinski definition) is 3. The third kappa shape index (κ3) is 3.90. The van der Waals surface area contributed by atoms with Gasteiger partial charge in [0.05, 0.1) is 0 Å². The van der Waals surface area contributed by atoms with Crippen LogP contribution in [0.2, 0.25) is 0 Å². The van der Waals surface area contributed by atoms with Crippen molar-refractivity contribution in [1.82, 2.24) is 5.32 Å². The summed E-state index contributed by atoms with van der Waals surface area (Å²) in [6.45, 7) is 2.32. The lowest BCUT2D eigenvalue weighted by Gasteiger charge is -2.08. The van der Waals surface area contributed by atoms with Crippen molar-refractivity contribution in [2.75, 3.05) is 0 Å². The summed E-state index contributed by atoms with van der Waals surface area (Å²) >= 11 is 0. The van der Waals surface area contributed by atoms with Crippen LogP contribution in [0.5, 0.6) is 0 Å². The minimum absolute atomic E-state index is 0.173. The Morgan fingerprint density at radius 1 is 1.19 bits per heavy atom. The van der Waals surface area contributed by atoms with Crippen LogP contribution < -0.4 is 10.8 Å². The standard InChI is InChI=1S/C15H15BFNO3/c1-10-2-4-11(5-3-10)9-18-15(19)12-6-7-14(17)13(8-12)16(20)21/h2-8,20-21H,9H2,1H3,(H,18,19). The third-order valence-electron chi connectivity index (χ3n) is 3.11. The molecule has 0 aliphatic rings. The van der Waals surface area contributed by atoms with Gasteiger partial charge in [0.1, 0.15) is 5.82 Å². The maximum atomic E-state index is 13.3. The average Bonchev–Trinajstić information content (AvgIpc) is 2.46. The molecular weight excluding hydrogens is 272 g/mol. The molecule has 0 unspecified atom stereocenters.